The lowest BCUT2D eigenvalue weighted by molar-refractivity contribution is -0.0257. The highest BCUT2D eigenvalue weighted by Gasteiger charge is 2.08. The summed E-state index contributed by atoms with van der Waals surface area (Å²) in [4.78, 5) is 0. The third-order valence-electron chi connectivity index (χ3n) is 2.83. The number of benzene rings is 1. The monoisotopic (exact) mass is 298 g/mol. The molecule has 0 fully saturated rings. The highest BCUT2D eigenvalue weighted by Crippen LogP contribution is 2.16. The summed E-state index contributed by atoms with van der Waals surface area (Å²) in [5.74, 6) is 1.61. The van der Waals surface area contributed by atoms with Crippen LogP contribution in [-0.2, 0) is 15.2 Å². The summed E-state index contributed by atoms with van der Waals surface area (Å²) >= 11 is 1.74. The molecule has 0 bridgehead atoms. The predicted molar refractivity (Wildman–Crippen MR) is 85.4 cm³/mol. The lowest BCUT2D eigenvalue weighted by atomic mass is 10.1. The van der Waals surface area contributed by atoms with Gasteiger partial charge < -0.3 is 14.6 Å². The van der Waals surface area contributed by atoms with Crippen LogP contribution in [0, 0.1) is 13.8 Å². The largest absolute Gasteiger partial charge is 0.390 e. The van der Waals surface area contributed by atoms with E-state index >= 15 is 0 Å². The van der Waals surface area contributed by atoms with E-state index in [4.69, 9.17) is 9.47 Å². The van der Waals surface area contributed by atoms with E-state index in [-0.39, 0.29) is 6.10 Å². The maximum Gasteiger partial charge on any atom is 0.0864 e. The average Bonchev–Trinajstić information content (AvgIpc) is 2.35. The van der Waals surface area contributed by atoms with Crippen molar-refractivity contribution >= 4 is 11.8 Å². The van der Waals surface area contributed by atoms with Crippen molar-refractivity contribution in [3.63, 3.8) is 0 Å². The topological polar surface area (TPSA) is 38.7 Å². The molecule has 2 unspecified atom stereocenters. The Morgan fingerprint density at radius 1 is 1.15 bits per heavy atom. The Morgan fingerprint density at radius 3 is 2.40 bits per heavy atom. The second-order valence-electron chi connectivity index (χ2n) is 5.26. The minimum atomic E-state index is -0.426. The Kier molecular flexibility index (Phi) is 8.22. The Bertz CT molecular complexity index is 375. The van der Waals surface area contributed by atoms with Crippen molar-refractivity contribution in [3.05, 3.63) is 34.9 Å². The molecule has 1 aromatic carbocycles. The van der Waals surface area contributed by atoms with Crippen LogP contribution in [0.4, 0.5) is 0 Å². The van der Waals surface area contributed by atoms with Crippen molar-refractivity contribution < 1.29 is 14.6 Å². The van der Waals surface area contributed by atoms with Crippen molar-refractivity contribution in [1.82, 2.24) is 0 Å². The molecule has 0 aliphatic carbocycles. The fraction of sp³-hybridized carbons (Fsp3) is 0.625. The zero-order valence-electron chi connectivity index (χ0n) is 12.9. The van der Waals surface area contributed by atoms with Crippen molar-refractivity contribution in [2.24, 2.45) is 0 Å². The summed E-state index contributed by atoms with van der Waals surface area (Å²) in [5.41, 5.74) is 3.89. The molecule has 0 radical (unpaired) electrons. The van der Waals surface area contributed by atoms with E-state index in [2.05, 4.69) is 32.0 Å². The molecule has 0 amide bonds. The molecular formula is C16H26O3S. The Hall–Kier alpha value is -0.550. The standard InChI is InChI=1S/C16H26O3S/c1-12-5-13(2)7-15(6-12)10-20-11-16(17)9-19-14(3)8-18-4/h5-7,14,16-17H,8-11H2,1-4H3. The van der Waals surface area contributed by atoms with Crippen molar-refractivity contribution in [1.29, 1.82) is 0 Å². The summed E-state index contributed by atoms with van der Waals surface area (Å²) in [6.45, 7) is 7.09. The summed E-state index contributed by atoms with van der Waals surface area (Å²) < 4.78 is 10.5. The lowest BCUT2D eigenvalue weighted by Gasteiger charge is -2.15. The fourth-order valence-corrected chi connectivity index (χ4v) is 2.96. The molecule has 4 heteroatoms. The van der Waals surface area contributed by atoms with Gasteiger partial charge in [-0.05, 0) is 26.3 Å². The first-order chi connectivity index (χ1) is 9.51. The number of aliphatic hydroxyl groups excluding tert-OH is 1. The molecular weight excluding hydrogens is 272 g/mol. The summed E-state index contributed by atoms with van der Waals surface area (Å²) in [6.07, 6.45) is -0.399. The SMILES string of the molecule is COCC(C)OCC(O)CSCc1cc(C)cc(C)c1. The quantitative estimate of drug-likeness (QED) is 0.761. The molecule has 0 aliphatic rings. The fourth-order valence-electron chi connectivity index (χ4n) is 2.07. The van der Waals surface area contributed by atoms with Gasteiger partial charge in [-0.1, -0.05) is 29.3 Å². The molecule has 2 atom stereocenters. The van der Waals surface area contributed by atoms with E-state index in [0.29, 0.717) is 19.0 Å². The van der Waals surface area contributed by atoms with Crippen LogP contribution in [0.2, 0.25) is 0 Å². The van der Waals surface area contributed by atoms with Crippen LogP contribution in [0.15, 0.2) is 18.2 Å². The van der Waals surface area contributed by atoms with Gasteiger partial charge >= 0.3 is 0 Å². The zero-order chi connectivity index (χ0) is 15.0. The molecule has 0 saturated heterocycles. The van der Waals surface area contributed by atoms with Crippen LogP contribution in [0.25, 0.3) is 0 Å². The Balaban J connectivity index is 2.22. The average molecular weight is 298 g/mol. The Morgan fingerprint density at radius 2 is 1.80 bits per heavy atom. The molecule has 0 saturated carbocycles. The van der Waals surface area contributed by atoms with Gasteiger partial charge in [0.25, 0.3) is 0 Å². The number of rotatable bonds is 9. The number of ether oxygens (including phenoxy) is 2. The van der Waals surface area contributed by atoms with E-state index < -0.39 is 6.10 Å². The number of methoxy groups -OCH3 is 1. The van der Waals surface area contributed by atoms with E-state index in [0.717, 1.165) is 5.75 Å². The van der Waals surface area contributed by atoms with Gasteiger partial charge in [0.2, 0.25) is 0 Å². The molecule has 3 nitrogen and oxygen atoms in total. The summed E-state index contributed by atoms with van der Waals surface area (Å²) in [5, 5.41) is 9.87. The summed E-state index contributed by atoms with van der Waals surface area (Å²) in [6, 6.07) is 6.57. The number of aliphatic hydroxyl groups is 1. The zero-order valence-corrected chi connectivity index (χ0v) is 13.7. The molecule has 1 rings (SSSR count). The van der Waals surface area contributed by atoms with E-state index in [9.17, 15) is 5.11 Å². The highest BCUT2D eigenvalue weighted by atomic mass is 32.2. The van der Waals surface area contributed by atoms with Gasteiger partial charge in [0.1, 0.15) is 0 Å². The molecule has 114 valence electrons. The van der Waals surface area contributed by atoms with Gasteiger partial charge in [-0.15, -0.1) is 0 Å². The van der Waals surface area contributed by atoms with Crippen molar-refractivity contribution in [3.8, 4) is 0 Å². The molecule has 0 aliphatic heterocycles. The van der Waals surface area contributed by atoms with Gasteiger partial charge in [0.05, 0.1) is 25.4 Å². The second kappa shape index (κ2) is 9.40. The van der Waals surface area contributed by atoms with Crippen LogP contribution in [-0.4, -0.2) is 43.4 Å². The maximum absolute atomic E-state index is 9.87. The molecule has 0 spiro atoms. The van der Waals surface area contributed by atoms with Gasteiger partial charge in [0, 0.05) is 18.6 Å². The first-order valence-electron chi connectivity index (χ1n) is 6.94. The van der Waals surface area contributed by atoms with Crippen LogP contribution in [0.5, 0.6) is 0 Å². The van der Waals surface area contributed by atoms with Crippen LogP contribution in [0.1, 0.15) is 23.6 Å². The molecule has 0 aromatic heterocycles. The molecule has 1 N–H and O–H groups in total. The molecule has 0 heterocycles. The third-order valence-corrected chi connectivity index (χ3v) is 3.99. The van der Waals surface area contributed by atoms with Crippen molar-refractivity contribution in [2.45, 2.75) is 38.7 Å². The van der Waals surface area contributed by atoms with E-state index in [1.807, 2.05) is 6.92 Å². The van der Waals surface area contributed by atoms with Gasteiger partial charge in [0.15, 0.2) is 0 Å². The van der Waals surface area contributed by atoms with Gasteiger partial charge in [-0.2, -0.15) is 11.8 Å². The van der Waals surface area contributed by atoms with Gasteiger partial charge in [-0.25, -0.2) is 0 Å². The lowest BCUT2D eigenvalue weighted by Crippen LogP contribution is -2.24. The first kappa shape index (κ1) is 17.5. The maximum atomic E-state index is 9.87. The van der Waals surface area contributed by atoms with Crippen molar-refractivity contribution in [2.75, 3.05) is 26.1 Å². The predicted octanol–water partition coefficient (Wildman–Crippen LogP) is 2.95. The minimum absolute atomic E-state index is 0.0269. The van der Waals surface area contributed by atoms with E-state index in [1.54, 1.807) is 18.9 Å². The molecule has 20 heavy (non-hydrogen) atoms. The number of thioether (sulfide) groups is 1. The highest BCUT2D eigenvalue weighted by molar-refractivity contribution is 7.98. The first-order valence-corrected chi connectivity index (χ1v) is 8.10. The van der Waals surface area contributed by atoms with Gasteiger partial charge in [-0.3, -0.25) is 0 Å². The second-order valence-corrected chi connectivity index (χ2v) is 6.29. The number of hydrogen-bond acceptors (Lipinski definition) is 4. The minimum Gasteiger partial charge on any atom is -0.390 e. The smallest absolute Gasteiger partial charge is 0.0864 e. The molecule has 1 aromatic rings. The van der Waals surface area contributed by atoms with Crippen LogP contribution >= 0.6 is 11.8 Å². The summed E-state index contributed by atoms with van der Waals surface area (Å²) in [7, 11) is 1.65. The number of hydrogen-bond donors (Lipinski definition) is 1. The Labute approximate surface area is 126 Å². The number of aryl methyl sites for hydroxylation is 2. The van der Waals surface area contributed by atoms with E-state index in [1.165, 1.54) is 16.7 Å². The van der Waals surface area contributed by atoms with Crippen LogP contribution in [0.3, 0.4) is 0 Å². The third kappa shape index (κ3) is 7.29. The normalized spacial score (nSPS) is 14.2. The van der Waals surface area contributed by atoms with Crippen LogP contribution < -0.4 is 0 Å².